The van der Waals surface area contributed by atoms with Crippen molar-refractivity contribution in [1.29, 1.82) is 0 Å². The first kappa shape index (κ1) is 16.2. The molecule has 2 N–H and O–H groups in total. The first-order valence-corrected chi connectivity index (χ1v) is 8.28. The van der Waals surface area contributed by atoms with Gasteiger partial charge in [-0.1, -0.05) is 48.6 Å². The van der Waals surface area contributed by atoms with E-state index in [0.717, 1.165) is 23.5 Å². The molecule has 0 aliphatic rings. The van der Waals surface area contributed by atoms with Gasteiger partial charge in [0.05, 0.1) is 11.4 Å². The lowest BCUT2D eigenvalue weighted by atomic mass is 10.0. The Morgan fingerprint density at radius 3 is 2.12 bits per heavy atom. The molecule has 0 saturated carbocycles. The minimum absolute atomic E-state index is 0.691. The molecule has 0 bridgehead atoms. The quantitative estimate of drug-likeness (QED) is 0.752. The second-order valence-electron chi connectivity index (χ2n) is 5.99. The summed E-state index contributed by atoms with van der Waals surface area (Å²) in [7, 11) is 0. The molecule has 0 spiro atoms. The highest BCUT2D eigenvalue weighted by atomic mass is 15.3. The molecule has 3 rings (SSSR count). The van der Waals surface area contributed by atoms with Gasteiger partial charge in [-0.05, 0) is 61.7 Å². The molecule has 24 heavy (non-hydrogen) atoms. The van der Waals surface area contributed by atoms with Crippen LogP contribution in [0.2, 0.25) is 0 Å². The van der Waals surface area contributed by atoms with Crippen LogP contribution in [-0.2, 0) is 0 Å². The van der Waals surface area contributed by atoms with Crippen molar-refractivity contribution in [3.63, 3.8) is 0 Å². The fourth-order valence-corrected chi connectivity index (χ4v) is 2.79. The minimum atomic E-state index is 0.691. The predicted octanol–water partition coefficient (Wildman–Crippen LogP) is 4.52. The van der Waals surface area contributed by atoms with Gasteiger partial charge in [0.2, 0.25) is 0 Å². The normalized spacial score (nSPS) is 11.3. The zero-order valence-electron chi connectivity index (χ0n) is 14.2. The molecule has 2 aromatic carbocycles. The van der Waals surface area contributed by atoms with Gasteiger partial charge < -0.3 is 5.73 Å². The Kier molecular flexibility index (Phi) is 4.92. The fourth-order valence-electron chi connectivity index (χ4n) is 2.79. The van der Waals surface area contributed by atoms with Crippen molar-refractivity contribution in [3.8, 4) is 16.8 Å². The van der Waals surface area contributed by atoms with Crippen molar-refractivity contribution in [1.82, 2.24) is 9.78 Å². The van der Waals surface area contributed by atoms with Crippen molar-refractivity contribution < 1.29 is 0 Å². The molecule has 1 heterocycles. The smallest absolute Gasteiger partial charge is 0.0649 e. The minimum Gasteiger partial charge on any atom is -0.330 e. The Balaban J connectivity index is 1.79. The SMILES string of the molecule is Cc1cc(C)n(-c2ccc(-c3ccc(/C=C/CCN)cc3)cc2)n1. The molecular weight excluding hydrogens is 294 g/mol. The molecule has 0 atom stereocenters. The standard InChI is InChI=1S/C21H23N3/c1-16-15-17(2)24(23-16)21-12-10-20(11-13-21)19-8-6-18(7-9-19)5-3-4-14-22/h3,5-13,15H,4,14,22H2,1-2H3/b5-3+. The fraction of sp³-hybridized carbons (Fsp3) is 0.190. The monoisotopic (exact) mass is 317 g/mol. The number of aryl methyl sites for hydroxylation is 2. The van der Waals surface area contributed by atoms with Gasteiger partial charge in [-0.2, -0.15) is 5.10 Å². The van der Waals surface area contributed by atoms with Crippen LogP contribution in [0.1, 0.15) is 23.4 Å². The molecule has 0 saturated heterocycles. The number of nitrogens with zero attached hydrogens (tertiary/aromatic N) is 2. The Bertz CT molecular complexity index is 825. The highest BCUT2D eigenvalue weighted by Gasteiger charge is 2.04. The van der Waals surface area contributed by atoms with E-state index < -0.39 is 0 Å². The average Bonchev–Trinajstić information content (AvgIpc) is 2.94. The highest BCUT2D eigenvalue weighted by Crippen LogP contribution is 2.22. The summed E-state index contributed by atoms with van der Waals surface area (Å²) in [5, 5.41) is 4.53. The third-order valence-electron chi connectivity index (χ3n) is 4.01. The summed E-state index contributed by atoms with van der Waals surface area (Å²) in [4.78, 5) is 0. The molecule has 3 heteroatoms. The van der Waals surface area contributed by atoms with Crippen LogP contribution < -0.4 is 5.73 Å². The summed E-state index contributed by atoms with van der Waals surface area (Å²) in [5.74, 6) is 0. The predicted molar refractivity (Wildman–Crippen MR) is 101 cm³/mol. The number of nitrogens with two attached hydrogens (primary N) is 1. The first-order chi connectivity index (χ1) is 11.7. The summed E-state index contributed by atoms with van der Waals surface area (Å²) in [6, 6.07) is 19.2. The van der Waals surface area contributed by atoms with E-state index in [9.17, 15) is 0 Å². The van der Waals surface area contributed by atoms with E-state index in [0.29, 0.717) is 6.54 Å². The maximum absolute atomic E-state index is 5.50. The number of benzene rings is 2. The van der Waals surface area contributed by atoms with E-state index in [1.54, 1.807) is 0 Å². The van der Waals surface area contributed by atoms with Crippen LogP contribution in [0.3, 0.4) is 0 Å². The van der Waals surface area contributed by atoms with Crippen molar-refractivity contribution >= 4 is 6.08 Å². The number of hydrogen-bond acceptors (Lipinski definition) is 2. The Hall–Kier alpha value is -2.65. The molecule has 0 radical (unpaired) electrons. The molecule has 122 valence electrons. The second-order valence-corrected chi connectivity index (χ2v) is 5.99. The van der Waals surface area contributed by atoms with Crippen molar-refractivity contribution in [2.75, 3.05) is 6.54 Å². The van der Waals surface area contributed by atoms with E-state index >= 15 is 0 Å². The maximum Gasteiger partial charge on any atom is 0.0649 e. The summed E-state index contributed by atoms with van der Waals surface area (Å²) >= 11 is 0. The van der Waals surface area contributed by atoms with Gasteiger partial charge in [0.15, 0.2) is 0 Å². The molecular formula is C21H23N3. The third kappa shape index (κ3) is 3.63. The molecule has 3 aromatic rings. The largest absolute Gasteiger partial charge is 0.330 e. The number of hydrogen-bond donors (Lipinski definition) is 1. The van der Waals surface area contributed by atoms with E-state index in [1.165, 1.54) is 16.7 Å². The second kappa shape index (κ2) is 7.28. The third-order valence-corrected chi connectivity index (χ3v) is 4.01. The van der Waals surface area contributed by atoms with E-state index in [1.807, 2.05) is 11.6 Å². The zero-order valence-corrected chi connectivity index (χ0v) is 14.2. The summed E-state index contributed by atoms with van der Waals surface area (Å²) in [6.45, 7) is 4.78. The lowest BCUT2D eigenvalue weighted by molar-refractivity contribution is 0.834. The highest BCUT2D eigenvalue weighted by molar-refractivity contribution is 5.66. The summed E-state index contributed by atoms with van der Waals surface area (Å²) < 4.78 is 1.98. The topological polar surface area (TPSA) is 43.8 Å². The van der Waals surface area contributed by atoms with E-state index in [-0.39, 0.29) is 0 Å². The van der Waals surface area contributed by atoms with Crippen LogP contribution in [0, 0.1) is 13.8 Å². The lowest BCUT2D eigenvalue weighted by Crippen LogP contribution is -1.98. The average molecular weight is 317 g/mol. The summed E-state index contributed by atoms with van der Waals surface area (Å²) in [5.41, 5.74) is 12.4. The molecule has 1 aromatic heterocycles. The van der Waals surface area contributed by atoms with Crippen molar-refractivity contribution in [3.05, 3.63) is 77.6 Å². The number of rotatable bonds is 5. The van der Waals surface area contributed by atoms with Crippen LogP contribution in [0.4, 0.5) is 0 Å². The summed E-state index contributed by atoms with van der Waals surface area (Å²) in [6.07, 6.45) is 5.14. The van der Waals surface area contributed by atoms with E-state index in [2.05, 4.69) is 78.8 Å². The Labute approximate surface area is 143 Å². The Morgan fingerprint density at radius 1 is 0.958 bits per heavy atom. The van der Waals surface area contributed by atoms with Crippen LogP contribution in [0.5, 0.6) is 0 Å². The molecule has 0 aliphatic carbocycles. The van der Waals surface area contributed by atoms with Gasteiger partial charge in [-0.3, -0.25) is 0 Å². The Morgan fingerprint density at radius 2 is 1.58 bits per heavy atom. The maximum atomic E-state index is 5.50. The van der Waals surface area contributed by atoms with Crippen LogP contribution in [0.25, 0.3) is 22.9 Å². The van der Waals surface area contributed by atoms with Gasteiger partial charge in [-0.25, -0.2) is 4.68 Å². The van der Waals surface area contributed by atoms with Gasteiger partial charge in [0.25, 0.3) is 0 Å². The molecule has 0 fully saturated rings. The van der Waals surface area contributed by atoms with Crippen LogP contribution in [0.15, 0.2) is 60.7 Å². The molecule has 0 unspecified atom stereocenters. The number of aromatic nitrogens is 2. The molecule has 3 nitrogen and oxygen atoms in total. The van der Waals surface area contributed by atoms with Crippen molar-refractivity contribution in [2.45, 2.75) is 20.3 Å². The molecule has 0 aliphatic heterocycles. The van der Waals surface area contributed by atoms with Gasteiger partial charge in [-0.15, -0.1) is 0 Å². The van der Waals surface area contributed by atoms with E-state index in [4.69, 9.17) is 5.73 Å². The van der Waals surface area contributed by atoms with Gasteiger partial charge in [0.1, 0.15) is 0 Å². The first-order valence-electron chi connectivity index (χ1n) is 8.28. The van der Waals surface area contributed by atoms with Crippen LogP contribution >= 0.6 is 0 Å². The van der Waals surface area contributed by atoms with Crippen molar-refractivity contribution in [2.24, 2.45) is 5.73 Å². The van der Waals surface area contributed by atoms with Gasteiger partial charge in [0, 0.05) is 5.69 Å². The van der Waals surface area contributed by atoms with Gasteiger partial charge >= 0.3 is 0 Å². The zero-order chi connectivity index (χ0) is 16.9. The lowest BCUT2D eigenvalue weighted by Gasteiger charge is -2.07. The molecule has 0 amide bonds. The van der Waals surface area contributed by atoms with Crippen LogP contribution in [-0.4, -0.2) is 16.3 Å².